The molecule has 2 aliphatic carbocycles. The Balaban J connectivity index is 2.44. The molecule has 0 aliphatic heterocycles. The predicted molar refractivity (Wildman–Crippen MR) is 65.1 cm³/mol. The molecule has 2 bridgehead atoms. The molecule has 14 heavy (non-hydrogen) atoms. The Morgan fingerprint density at radius 3 is 2.57 bits per heavy atom. The summed E-state index contributed by atoms with van der Waals surface area (Å²) < 4.78 is 0. The molecule has 2 saturated carbocycles. The predicted octanol–water partition coefficient (Wildman–Crippen LogP) is 3.54. The van der Waals surface area contributed by atoms with Crippen LogP contribution in [0.1, 0.15) is 33.1 Å². The summed E-state index contributed by atoms with van der Waals surface area (Å²) in [7, 11) is 0. The van der Waals surface area contributed by atoms with Crippen molar-refractivity contribution in [3.8, 4) is 0 Å². The van der Waals surface area contributed by atoms with Crippen molar-refractivity contribution in [3.05, 3.63) is 0 Å². The highest BCUT2D eigenvalue weighted by Crippen LogP contribution is 2.66. The molecule has 3 atom stereocenters. The van der Waals surface area contributed by atoms with Gasteiger partial charge in [-0.1, -0.05) is 45.7 Å². The second kappa shape index (κ2) is 3.31. The van der Waals surface area contributed by atoms with Gasteiger partial charge in [0, 0.05) is 22.0 Å². The minimum atomic E-state index is -0.0961. The van der Waals surface area contributed by atoms with Crippen LogP contribution in [0.15, 0.2) is 0 Å². The lowest BCUT2D eigenvalue weighted by molar-refractivity contribution is -0.129. The Hall–Kier alpha value is 0.630. The quantitative estimate of drug-likeness (QED) is 0.710. The van der Waals surface area contributed by atoms with Gasteiger partial charge in [-0.2, -0.15) is 0 Å². The first-order valence-electron chi connectivity index (χ1n) is 5.20. The Bertz CT molecular complexity index is 274. The van der Waals surface area contributed by atoms with Crippen LogP contribution in [-0.2, 0) is 4.79 Å². The summed E-state index contributed by atoms with van der Waals surface area (Å²) in [5.74, 6) is 1.11. The SMILES string of the molecule is CC1(C)[C@@H]2CC[C@@]1([C@H](Br)CBr)C(=O)C2. The van der Waals surface area contributed by atoms with Gasteiger partial charge in [-0.25, -0.2) is 0 Å². The molecule has 0 heterocycles. The molecule has 2 fully saturated rings. The van der Waals surface area contributed by atoms with Crippen LogP contribution in [0.5, 0.6) is 0 Å². The molecule has 0 N–H and O–H groups in total. The van der Waals surface area contributed by atoms with Crippen LogP contribution in [0.4, 0.5) is 0 Å². The topological polar surface area (TPSA) is 17.1 Å². The molecule has 3 heteroatoms. The van der Waals surface area contributed by atoms with Gasteiger partial charge in [-0.05, 0) is 24.2 Å². The monoisotopic (exact) mass is 322 g/mol. The largest absolute Gasteiger partial charge is 0.299 e. The van der Waals surface area contributed by atoms with Crippen LogP contribution in [-0.4, -0.2) is 15.9 Å². The van der Waals surface area contributed by atoms with Crippen LogP contribution in [0, 0.1) is 16.7 Å². The van der Waals surface area contributed by atoms with Gasteiger partial charge in [-0.3, -0.25) is 4.79 Å². The third-order valence-corrected chi connectivity index (χ3v) is 7.28. The van der Waals surface area contributed by atoms with Crippen molar-refractivity contribution in [1.82, 2.24) is 0 Å². The van der Waals surface area contributed by atoms with Crippen LogP contribution >= 0.6 is 31.9 Å². The van der Waals surface area contributed by atoms with Crippen molar-refractivity contribution in [1.29, 1.82) is 0 Å². The molecule has 0 aromatic heterocycles. The number of ketones is 1. The van der Waals surface area contributed by atoms with Gasteiger partial charge in [-0.15, -0.1) is 0 Å². The van der Waals surface area contributed by atoms with E-state index < -0.39 is 0 Å². The van der Waals surface area contributed by atoms with E-state index in [2.05, 4.69) is 45.7 Å². The third-order valence-electron chi connectivity index (χ3n) is 4.66. The molecule has 0 radical (unpaired) electrons. The Kier molecular flexibility index (Phi) is 2.63. The summed E-state index contributed by atoms with van der Waals surface area (Å²) in [6.07, 6.45) is 3.11. The highest BCUT2D eigenvalue weighted by atomic mass is 79.9. The first kappa shape index (κ1) is 11.1. The van der Waals surface area contributed by atoms with E-state index in [0.717, 1.165) is 18.2 Å². The normalized spacial score (nSPS) is 41.7. The second-order valence-corrected chi connectivity index (χ2v) is 6.93. The fraction of sp³-hybridized carbons (Fsp3) is 0.909. The van der Waals surface area contributed by atoms with Crippen molar-refractivity contribution < 1.29 is 4.79 Å². The van der Waals surface area contributed by atoms with Gasteiger partial charge in [0.25, 0.3) is 0 Å². The fourth-order valence-electron chi connectivity index (χ4n) is 3.58. The number of carbonyl (C=O) groups excluding carboxylic acids is 1. The Labute approximate surface area is 102 Å². The highest BCUT2D eigenvalue weighted by Gasteiger charge is 2.66. The number of fused-ring (bicyclic) bond motifs is 2. The van der Waals surface area contributed by atoms with Gasteiger partial charge in [0.05, 0.1) is 0 Å². The number of hydrogen-bond donors (Lipinski definition) is 0. The van der Waals surface area contributed by atoms with Crippen molar-refractivity contribution in [2.24, 2.45) is 16.7 Å². The van der Waals surface area contributed by atoms with Crippen molar-refractivity contribution >= 4 is 37.6 Å². The maximum Gasteiger partial charge on any atom is 0.141 e. The van der Waals surface area contributed by atoms with Crippen LogP contribution < -0.4 is 0 Å². The number of hydrogen-bond acceptors (Lipinski definition) is 1. The summed E-state index contributed by atoms with van der Waals surface area (Å²) in [5.41, 5.74) is 0.0905. The van der Waals surface area contributed by atoms with E-state index in [9.17, 15) is 4.79 Å². The number of alkyl halides is 2. The first-order valence-corrected chi connectivity index (χ1v) is 7.24. The van der Waals surface area contributed by atoms with Crippen LogP contribution in [0.2, 0.25) is 0 Å². The van der Waals surface area contributed by atoms with Gasteiger partial charge < -0.3 is 0 Å². The molecular formula is C11H16Br2O. The molecular weight excluding hydrogens is 308 g/mol. The molecule has 0 spiro atoms. The third kappa shape index (κ3) is 1.09. The first-order chi connectivity index (χ1) is 6.46. The molecule has 0 aromatic rings. The lowest BCUT2D eigenvalue weighted by Crippen LogP contribution is -2.44. The number of carbonyl (C=O) groups is 1. The lowest BCUT2D eigenvalue weighted by atomic mass is 9.67. The summed E-state index contributed by atoms with van der Waals surface area (Å²) in [4.78, 5) is 12.4. The van der Waals surface area contributed by atoms with Crippen molar-refractivity contribution in [2.45, 2.75) is 37.9 Å². The molecule has 1 nitrogen and oxygen atoms in total. The van der Waals surface area contributed by atoms with Gasteiger partial charge in [0.2, 0.25) is 0 Å². The zero-order valence-corrected chi connectivity index (χ0v) is 11.8. The van der Waals surface area contributed by atoms with Gasteiger partial charge in [0.15, 0.2) is 0 Å². The zero-order valence-electron chi connectivity index (χ0n) is 8.65. The van der Waals surface area contributed by atoms with Gasteiger partial charge >= 0.3 is 0 Å². The van der Waals surface area contributed by atoms with E-state index in [4.69, 9.17) is 0 Å². The van der Waals surface area contributed by atoms with Crippen molar-refractivity contribution in [2.75, 3.05) is 5.33 Å². The fourth-order valence-corrected chi connectivity index (χ4v) is 5.20. The molecule has 0 aromatic carbocycles. The second-order valence-electron chi connectivity index (χ2n) is 5.18. The molecule has 2 aliphatic rings. The summed E-state index contributed by atoms with van der Waals surface area (Å²) in [6, 6.07) is 0. The summed E-state index contributed by atoms with van der Waals surface area (Å²) >= 11 is 7.20. The lowest BCUT2D eigenvalue weighted by Gasteiger charge is -2.39. The van der Waals surface area contributed by atoms with E-state index >= 15 is 0 Å². The van der Waals surface area contributed by atoms with Crippen molar-refractivity contribution in [3.63, 3.8) is 0 Å². The highest BCUT2D eigenvalue weighted by molar-refractivity contribution is 9.12. The number of rotatable bonds is 2. The maximum absolute atomic E-state index is 12.1. The van der Waals surface area contributed by atoms with E-state index in [0.29, 0.717) is 16.5 Å². The average molecular weight is 324 g/mol. The van der Waals surface area contributed by atoms with E-state index in [1.54, 1.807) is 0 Å². The molecule has 80 valence electrons. The van der Waals surface area contributed by atoms with E-state index in [1.165, 1.54) is 6.42 Å². The average Bonchev–Trinajstić information content (AvgIpc) is 2.49. The molecule has 2 rings (SSSR count). The van der Waals surface area contributed by atoms with Gasteiger partial charge in [0.1, 0.15) is 5.78 Å². The maximum atomic E-state index is 12.1. The minimum Gasteiger partial charge on any atom is -0.299 e. The standard InChI is InChI=1S/C11H16Br2O/c1-10(2)7-3-4-11(10,8(13)6-12)9(14)5-7/h7-8H,3-6H2,1-2H3/t7-,8-,11-/m1/s1. The smallest absolute Gasteiger partial charge is 0.141 e. The van der Waals surface area contributed by atoms with E-state index in [1.807, 2.05) is 0 Å². The molecule has 0 amide bonds. The number of halogens is 2. The molecule has 0 unspecified atom stereocenters. The Morgan fingerprint density at radius 1 is 1.57 bits per heavy atom. The number of Topliss-reactive ketones (excluding diaryl/α,β-unsaturated/α-hetero) is 1. The Morgan fingerprint density at radius 2 is 2.21 bits per heavy atom. The minimum absolute atomic E-state index is 0.0961. The van der Waals surface area contributed by atoms with Crippen LogP contribution in [0.25, 0.3) is 0 Å². The zero-order chi connectivity index (χ0) is 10.6. The van der Waals surface area contributed by atoms with E-state index in [-0.39, 0.29) is 10.8 Å². The van der Waals surface area contributed by atoms with Crippen LogP contribution in [0.3, 0.4) is 0 Å². The summed E-state index contributed by atoms with van der Waals surface area (Å²) in [5, 5.41) is 0.870. The summed E-state index contributed by atoms with van der Waals surface area (Å²) in [6.45, 7) is 4.54. The molecule has 0 saturated heterocycles.